The largest absolute Gasteiger partial charge is 0.496 e. The predicted molar refractivity (Wildman–Crippen MR) is 83.6 cm³/mol. The summed E-state index contributed by atoms with van der Waals surface area (Å²) in [6.45, 7) is 3.98. The molecule has 6 heteroatoms. The average molecular weight is 305 g/mol. The van der Waals surface area contributed by atoms with Gasteiger partial charge in [-0.1, -0.05) is 12.1 Å². The molecule has 22 heavy (non-hydrogen) atoms. The van der Waals surface area contributed by atoms with Crippen molar-refractivity contribution in [1.29, 1.82) is 0 Å². The molecule has 1 atom stereocenters. The van der Waals surface area contributed by atoms with E-state index in [2.05, 4.69) is 21.6 Å². The van der Waals surface area contributed by atoms with Crippen LogP contribution in [0.15, 0.2) is 18.2 Å². The number of carbonyl (C=O) groups is 2. The summed E-state index contributed by atoms with van der Waals surface area (Å²) in [6, 6.07) is 5.57. The summed E-state index contributed by atoms with van der Waals surface area (Å²) < 4.78 is 5.26. The number of rotatable bonds is 5. The molecule has 0 aliphatic carbocycles. The summed E-state index contributed by atoms with van der Waals surface area (Å²) in [5.41, 5.74) is 2.17. The number of methoxy groups -OCH3 is 1. The van der Waals surface area contributed by atoms with Gasteiger partial charge in [-0.15, -0.1) is 0 Å². The Hall–Kier alpha value is -2.08. The van der Waals surface area contributed by atoms with Crippen molar-refractivity contribution in [3.63, 3.8) is 0 Å². The van der Waals surface area contributed by atoms with Crippen molar-refractivity contribution in [2.24, 2.45) is 0 Å². The second-order valence-corrected chi connectivity index (χ2v) is 5.46. The highest BCUT2D eigenvalue weighted by molar-refractivity contribution is 5.88. The molecule has 120 valence electrons. The fourth-order valence-corrected chi connectivity index (χ4v) is 2.72. The van der Waals surface area contributed by atoms with Crippen LogP contribution in [0.4, 0.5) is 0 Å². The van der Waals surface area contributed by atoms with E-state index in [4.69, 9.17) is 4.74 Å². The molecule has 1 aromatic carbocycles. The molecule has 1 aliphatic heterocycles. The Morgan fingerprint density at radius 3 is 2.91 bits per heavy atom. The third kappa shape index (κ3) is 3.76. The van der Waals surface area contributed by atoms with Crippen molar-refractivity contribution in [2.75, 3.05) is 27.2 Å². The number of hydrogen-bond acceptors (Lipinski definition) is 4. The van der Waals surface area contributed by atoms with Gasteiger partial charge in [-0.25, -0.2) is 0 Å². The molecule has 0 bridgehead atoms. The van der Waals surface area contributed by atoms with E-state index in [1.165, 1.54) is 0 Å². The van der Waals surface area contributed by atoms with E-state index in [-0.39, 0.29) is 18.2 Å². The highest BCUT2D eigenvalue weighted by Gasteiger charge is 2.31. The second-order valence-electron chi connectivity index (χ2n) is 5.46. The maximum atomic E-state index is 12.1. The van der Waals surface area contributed by atoms with E-state index in [1.54, 1.807) is 14.2 Å². The minimum absolute atomic E-state index is 0.0833. The molecular weight excluding hydrogens is 282 g/mol. The highest BCUT2D eigenvalue weighted by Crippen LogP contribution is 2.21. The lowest BCUT2D eigenvalue weighted by molar-refractivity contribution is -0.134. The number of amides is 2. The van der Waals surface area contributed by atoms with Gasteiger partial charge in [0.2, 0.25) is 11.8 Å². The highest BCUT2D eigenvalue weighted by atomic mass is 16.5. The molecule has 2 amide bonds. The summed E-state index contributed by atoms with van der Waals surface area (Å²) in [5, 5.41) is 5.41. The average Bonchev–Trinajstić information content (AvgIpc) is 2.50. The van der Waals surface area contributed by atoms with Gasteiger partial charge in [-0.05, 0) is 24.1 Å². The van der Waals surface area contributed by atoms with Crippen molar-refractivity contribution in [3.8, 4) is 5.75 Å². The van der Waals surface area contributed by atoms with Crippen molar-refractivity contribution >= 4 is 11.8 Å². The van der Waals surface area contributed by atoms with Gasteiger partial charge in [-0.3, -0.25) is 14.5 Å². The van der Waals surface area contributed by atoms with Gasteiger partial charge in [0.1, 0.15) is 5.75 Å². The lowest BCUT2D eigenvalue weighted by atomic mass is 10.1. The Kier molecular flexibility index (Phi) is 5.38. The molecular formula is C16H23N3O3. The maximum absolute atomic E-state index is 12.1. The predicted octanol–water partition coefficient (Wildman–Crippen LogP) is 0.440. The zero-order valence-electron chi connectivity index (χ0n) is 13.3. The van der Waals surface area contributed by atoms with E-state index >= 15 is 0 Å². The quantitative estimate of drug-likeness (QED) is 0.828. The number of ether oxygens (including phenoxy) is 1. The van der Waals surface area contributed by atoms with Crippen LogP contribution in [-0.4, -0.2) is 50.0 Å². The number of nitrogens with zero attached hydrogens (tertiary/aromatic N) is 1. The molecule has 6 nitrogen and oxygen atoms in total. The molecule has 2 N–H and O–H groups in total. The molecule has 1 aromatic rings. The van der Waals surface area contributed by atoms with E-state index in [9.17, 15) is 9.59 Å². The van der Waals surface area contributed by atoms with Crippen molar-refractivity contribution in [1.82, 2.24) is 15.5 Å². The summed E-state index contributed by atoms with van der Waals surface area (Å²) in [5.74, 6) is 0.639. The minimum Gasteiger partial charge on any atom is -0.496 e. The third-order valence-corrected chi connectivity index (χ3v) is 3.94. The van der Waals surface area contributed by atoms with Crippen LogP contribution in [-0.2, 0) is 16.1 Å². The fourth-order valence-electron chi connectivity index (χ4n) is 2.72. The maximum Gasteiger partial charge on any atom is 0.237 e. The molecule has 1 fully saturated rings. The van der Waals surface area contributed by atoms with Gasteiger partial charge in [0.05, 0.1) is 19.6 Å². The molecule has 1 saturated heterocycles. The van der Waals surface area contributed by atoms with Gasteiger partial charge in [0, 0.05) is 26.7 Å². The standard InChI is InChI=1S/C16H23N3O3/c1-11-8-12(4-5-14(11)22-3)10-19-7-6-18-16(21)13(19)9-15(20)17-2/h4-5,8,13H,6-7,9-10H2,1-3H3,(H,17,20)(H,18,21). The first-order valence-corrected chi connectivity index (χ1v) is 7.41. The number of carbonyl (C=O) groups excluding carboxylic acids is 2. The van der Waals surface area contributed by atoms with E-state index in [0.717, 1.165) is 23.4 Å². The molecule has 0 radical (unpaired) electrons. The number of aryl methyl sites for hydroxylation is 1. The van der Waals surface area contributed by atoms with Gasteiger partial charge >= 0.3 is 0 Å². The summed E-state index contributed by atoms with van der Waals surface area (Å²) in [4.78, 5) is 25.7. The van der Waals surface area contributed by atoms with E-state index in [1.807, 2.05) is 19.1 Å². The van der Waals surface area contributed by atoms with Crippen molar-refractivity contribution < 1.29 is 14.3 Å². The SMILES string of the molecule is CNC(=O)CC1C(=O)NCCN1Cc1ccc(OC)c(C)c1. The fraction of sp³-hybridized carbons (Fsp3) is 0.500. The molecule has 2 rings (SSSR count). The Balaban J connectivity index is 2.12. The number of hydrogen-bond donors (Lipinski definition) is 2. The molecule has 1 heterocycles. The Morgan fingerprint density at radius 2 is 2.27 bits per heavy atom. The van der Waals surface area contributed by atoms with Crippen LogP contribution >= 0.6 is 0 Å². The van der Waals surface area contributed by atoms with E-state index < -0.39 is 6.04 Å². The zero-order chi connectivity index (χ0) is 16.1. The smallest absolute Gasteiger partial charge is 0.237 e. The topological polar surface area (TPSA) is 70.7 Å². The zero-order valence-corrected chi connectivity index (χ0v) is 13.3. The number of nitrogens with one attached hydrogen (secondary N) is 2. The second kappa shape index (κ2) is 7.26. The third-order valence-electron chi connectivity index (χ3n) is 3.94. The number of piperazine rings is 1. The Labute approximate surface area is 130 Å². The normalized spacial score (nSPS) is 18.7. The molecule has 1 unspecified atom stereocenters. The minimum atomic E-state index is -0.420. The van der Waals surface area contributed by atoms with Crippen molar-refractivity contribution in [2.45, 2.75) is 25.9 Å². The summed E-state index contributed by atoms with van der Waals surface area (Å²) >= 11 is 0. The molecule has 1 aliphatic rings. The van der Waals surface area contributed by atoms with E-state index in [0.29, 0.717) is 13.1 Å². The van der Waals surface area contributed by atoms with Crippen LogP contribution in [0, 0.1) is 6.92 Å². The van der Waals surface area contributed by atoms with Gasteiger partial charge in [-0.2, -0.15) is 0 Å². The Morgan fingerprint density at radius 1 is 1.50 bits per heavy atom. The van der Waals surface area contributed by atoms with Crippen LogP contribution in [0.5, 0.6) is 5.75 Å². The first-order valence-electron chi connectivity index (χ1n) is 7.41. The van der Waals surface area contributed by atoms with Crippen LogP contribution < -0.4 is 15.4 Å². The monoisotopic (exact) mass is 305 g/mol. The number of benzene rings is 1. The van der Waals surface area contributed by atoms with Crippen LogP contribution in [0.25, 0.3) is 0 Å². The van der Waals surface area contributed by atoms with Crippen LogP contribution in [0.2, 0.25) is 0 Å². The lowest BCUT2D eigenvalue weighted by Crippen LogP contribution is -2.55. The van der Waals surface area contributed by atoms with Crippen LogP contribution in [0.1, 0.15) is 17.5 Å². The molecule has 0 aromatic heterocycles. The van der Waals surface area contributed by atoms with Gasteiger partial charge in [0.25, 0.3) is 0 Å². The summed E-state index contributed by atoms with van der Waals surface area (Å²) in [6.07, 6.45) is 0.178. The van der Waals surface area contributed by atoms with Gasteiger partial charge < -0.3 is 15.4 Å². The summed E-state index contributed by atoms with van der Waals surface area (Å²) in [7, 11) is 3.23. The first-order chi connectivity index (χ1) is 10.5. The van der Waals surface area contributed by atoms with Crippen LogP contribution in [0.3, 0.4) is 0 Å². The van der Waals surface area contributed by atoms with Crippen molar-refractivity contribution in [3.05, 3.63) is 29.3 Å². The first kappa shape index (κ1) is 16.3. The molecule has 0 saturated carbocycles. The van der Waals surface area contributed by atoms with Gasteiger partial charge in [0.15, 0.2) is 0 Å². The lowest BCUT2D eigenvalue weighted by Gasteiger charge is -2.34. The Bertz CT molecular complexity index is 560. The molecule has 0 spiro atoms.